The predicted molar refractivity (Wildman–Crippen MR) is 128 cm³/mol. The molecular weight excluding hydrogens is 444 g/mol. The molecule has 0 bridgehead atoms. The van der Waals surface area contributed by atoms with Crippen LogP contribution in [-0.4, -0.2) is 117 Å². The van der Waals surface area contributed by atoms with Crippen LogP contribution in [0.25, 0.3) is 0 Å². The van der Waals surface area contributed by atoms with Crippen molar-refractivity contribution < 1.29 is 23.9 Å². The third-order valence-electron chi connectivity index (χ3n) is 5.97. The number of ether oxygens (including phenoxy) is 2. The van der Waals surface area contributed by atoms with Crippen LogP contribution in [0.1, 0.15) is 16.8 Å². The fraction of sp³-hybridized carbons (Fsp3) is 0.609. The topological polar surface area (TPSA) is 91.4 Å². The monoisotopic (exact) mass is 478 g/mol. The summed E-state index contributed by atoms with van der Waals surface area (Å²) in [5.41, 5.74) is 0.403. The highest BCUT2D eigenvalue weighted by Crippen LogP contribution is 2.18. The Labute approximate surface area is 199 Å². The SMILES string of the molecule is COc1ccccc1C(=O)NC(CCSC)C(=O)N1CCN(C(=O)CN2CCOCC2)CC1. The normalized spacial score (nSPS) is 18.0. The molecule has 0 radical (unpaired) electrons. The summed E-state index contributed by atoms with van der Waals surface area (Å²) >= 11 is 1.63. The Morgan fingerprint density at radius 1 is 1.06 bits per heavy atom. The molecule has 1 aromatic carbocycles. The number of piperazine rings is 1. The summed E-state index contributed by atoms with van der Waals surface area (Å²) in [6, 6.07) is 6.35. The lowest BCUT2D eigenvalue weighted by Gasteiger charge is -2.37. The maximum absolute atomic E-state index is 13.3. The fourth-order valence-corrected chi connectivity index (χ4v) is 4.48. The van der Waals surface area contributed by atoms with Gasteiger partial charge in [-0.25, -0.2) is 0 Å². The van der Waals surface area contributed by atoms with E-state index in [-0.39, 0.29) is 17.7 Å². The summed E-state index contributed by atoms with van der Waals surface area (Å²) in [4.78, 5) is 44.5. The number of morpholine rings is 1. The van der Waals surface area contributed by atoms with Crippen LogP contribution >= 0.6 is 11.8 Å². The summed E-state index contributed by atoms with van der Waals surface area (Å²) < 4.78 is 10.6. The molecule has 2 aliphatic rings. The highest BCUT2D eigenvalue weighted by molar-refractivity contribution is 7.98. The second-order valence-electron chi connectivity index (χ2n) is 8.10. The maximum atomic E-state index is 13.3. The van der Waals surface area contributed by atoms with Crippen molar-refractivity contribution >= 4 is 29.5 Å². The van der Waals surface area contributed by atoms with Crippen LogP contribution in [0.5, 0.6) is 5.75 Å². The van der Waals surface area contributed by atoms with Gasteiger partial charge >= 0.3 is 0 Å². The number of benzene rings is 1. The van der Waals surface area contributed by atoms with E-state index in [9.17, 15) is 14.4 Å². The molecule has 182 valence electrons. The first kappa shape index (κ1) is 25.3. The Hall–Kier alpha value is -2.30. The van der Waals surface area contributed by atoms with Gasteiger partial charge in [-0.05, 0) is 30.6 Å². The van der Waals surface area contributed by atoms with Crippen molar-refractivity contribution in [2.24, 2.45) is 0 Å². The Morgan fingerprint density at radius 3 is 2.39 bits per heavy atom. The van der Waals surface area contributed by atoms with Crippen molar-refractivity contribution in [2.45, 2.75) is 12.5 Å². The molecule has 33 heavy (non-hydrogen) atoms. The lowest BCUT2D eigenvalue weighted by molar-refractivity contribution is -0.141. The minimum absolute atomic E-state index is 0.0902. The second-order valence-corrected chi connectivity index (χ2v) is 9.09. The minimum atomic E-state index is -0.620. The van der Waals surface area contributed by atoms with E-state index in [1.807, 2.05) is 11.2 Å². The Bertz CT molecular complexity index is 810. The number of amides is 3. The quantitative estimate of drug-likeness (QED) is 0.554. The van der Waals surface area contributed by atoms with Crippen LogP contribution in [0.3, 0.4) is 0 Å². The first-order valence-corrected chi connectivity index (χ1v) is 12.7. The van der Waals surface area contributed by atoms with Crippen LogP contribution in [0, 0.1) is 0 Å². The van der Waals surface area contributed by atoms with Crippen LogP contribution < -0.4 is 10.1 Å². The van der Waals surface area contributed by atoms with Gasteiger partial charge in [0.15, 0.2) is 0 Å². The molecule has 0 aliphatic carbocycles. The van der Waals surface area contributed by atoms with E-state index in [0.717, 1.165) is 18.8 Å². The largest absolute Gasteiger partial charge is 0.496 e. The number of rotatable bonds is 9. The van der Waals surface area contributed by atoms with E-state index in [0.29, 0.717) is 63.7 Å². The molecule has 9 nitrogen and oxygen atoms in total. The molecule has 1 aromatic rings. The number of carbonyl (C=O) groups is 3. The molecule has 3 rings (SSSR count). The second kappa shape index (κ2) is 12.8. The number of thioether (sulfide) groups is 1. The zero-order valence-corrected chi connectivity index (χ0v) is 20.3. The highest BCUT2D eigenvalue weighted by atomic mass is 32.2. The third kappa shape index (κ3) is 7.09. The van der Waals surface area contributed by atoms with Crippen molar-refractivity contribution in [3.63, 3.8) is 0 Å². The van der Waals surface area contributed by atoms with E-state index in [1.54, 1.807) is 40.9 Å². The van der Waals surface area contributed by atoms with Crippen LogP contribution in [0.2, 0.25) is 0 Å². The molecule has 2 saturated heterocycles. The lowest BCUT2D eigenvalue weighted by Crippen LogP contribution is -2.57. The smallest absolute Gasteiger partial charge is 0.255 e. The fourth-order valence-electron chi connectivity index (χ4n) is 4.01. The Morgan fingerprint density at radius 2 is 1.73 bits per heavy atom. The third-order valence-corrected chi connectivity index (χ3v) is 6.62. The number of hydrogen-bond donors (Lipinski definition) is 1. The Balaban J connectivity index is 1.56. The number of hydrogen-bond acceptors (Lipinski definition) is 7. The van der Waals surface area contributed by atoms with Crippen molar-refractivity contribution in [1.82, 2.24) is 20.0 Å². The average Bonchev–Trinajstić information content (AvgIpc) is 2.86. The van der Waals surface area contributed by atoms with E-state index < -0.39 is 6.04 Å². The zero-order valence-electron chi connectivity index (χ0n) is 19.5. The molecule has 1 atom stereocenters. The van der Waals surface area contributed by atoms with E-state index >= 15 is 0 Å². The molecule has 1 unspecified atom stereocenters. The number of nitrogens with zero attached hydrogens (tertiary/aromatic N) is 3. The maximum Gasteiger partial charge on any atom is 0.255 e. The van der Waals surface area contributed by atoms with Gasteiger partial charge in [0, 0.05) is 39.3 Å². The van der Waals surface area contributed by atoms with Gasteiger partial charge in [0.2, 0.25) is 11.8 Å². The van der Waals surface area contributed by atoms with Crippen LogP contribution in [0.15, 0.2) is 24.3 Å². The number of carbonyl (C=O) groups excluding carboxylic acids is 3. The number of nitrogens with one attached hydrogen (secondary N) is 1. The van der Waals surface area contributed by atoms with E-state index in [2.05, 4.69) is 10.2 Å². The predicted octanol–water partition coefficient (Wildman–Crippen LogP) is 0.550. The van der Waals surface area contributed by atoms with Gasteiger partial charge in [-0.2, -0.15) is 11.8 Å². The summed E-state index contributed by atoms with van der Waals surface area (Å²) in [5.74, 6) is 0.880. The van der Waals surface area contributed by atoms with Crippen LogP contribution in [-0.2, 0) is 14.3 Å². The first-order chi connectivity index (χ1) is 16.0. The van der Waals surface area contributed by atoms with Gasteiger partial charge in [-0.1, -0.05) is 12.1 Å². The van der Waals surface area contributed by atoms with Crippen LogP contribution in [0.4, 0.5) is 0 Å². The molecule has 0 aromatic heterocycles. The first-order valence-electron chi connectivity index (χ1n) is 11.3. The number of para-hydroxylation sites is 1. The van der Waals surface area contributed by atoms with Gasteiger partial charge in [0.25, 0.3) is 5.91 Å². The summed E-state index contributed by atoms with van der Waals surface area (Å²) in [5, 5.41) is 2.91. The van der Waals surface area contributed by atoms with Gasteiger partial charge < -0.3 is 24.6 Å². The molecule has 2 heterocycles. The van der Waals surface area contributed by atoms with E-state index in [1.165, 1.54) is 7.11 Å². The lowest BCUT2D eigenvalue weighted by atomic mass is 10.1. The van der Waals surface area contributed by atoms with Crippen molar-refractivity contribution in [3.8, 4) is 5.75 Å². The molecule has 3 amide bonds. The zero-order chi connectivity index (χ0) is 23.6. The van der Waals surface area contributed by atoms with Crippen molar-refractivity contribution in [1.29, 1.82) is 0 Å². The molecule has 2 fully saturated rings. The van der Waals surface area contributed by atoms with E-state index in [4.69, 9.17) is 9.47 Å². The molecule has 0 saturated carbocycles. The standard InChI is InChI=1S/C23H34N4O5S/c1-31-20-6-4-3-5-18(20)22(29)24-19(7-16-33-2)23(30)27-10-8-26(9-11-27)21(28)17-25-12-14-32-15-13-25/h3-6,19H,7-17H2,1-2H3,(H,24,29). The molecule has 2 aliphatic heterocycles. The molecule has 10 heteroatoms. The highest BCUT2D eigenvalue weighted by Gasteiger charge is 2.31. The van der Waals surface area contributed by atoms with Gasteiger partial charge in [-0.15, -0.1) is 0 Å². The molecular formula is C23H34N4O5S. The van der Waals surface area contributed by atoms with Gasteiger partial charge in [-0.3, -0.25) is 19.3 Å². The van der Waals surface area contributed by atoms with Crippen molar-refractivity contribution in [3.05, 3.63) is 29.8 Å². The Kier molecular flexibility index (Phi) is 9.83. The van der Waals surface area contributed by atoms with Gasteiger partial charge in [0.05, 0.1) is 32.4 Å². The summed E-state index contributed by atoms with van der Waals surface area (Å²) in [7, 11) is 1.52. The molecule has 0 spiro atoms. The number of methoxy groups -OCH3 is 1. The average molecular weight is 479 g/mol. The van der Waals surface area contributed by atoms with Gasteiger partial charge in [0.1, 0.15) is 11.8 Å². The summed E-state index contributed by atoms with van der Waals surface area (Å²) in [6.45, 7) is 5.20. The minimum Gasteiger partial charge on any atom is -0.496 e. The molecule has 1 N–H and O–H groups in total. The summed E-state index contributed by atoms with van der Waals surface area (Å²) in [6.07, 6.45) is 2.51. The van der Waals surface area contributed by atoms with Crippen molar-refractivity contribution in [2.75, 3.05) is 78.1 Å².